The Morgan fingerprint density at radius 1 is 0.931 bits per heavy atom. The fraction of sp³-hybridized carbons (Fsp3) is 0.238. The fourth-order valence-corrected chi connectivity index (χ4v) is 3.41. The van der Waals surface area contributed by atoms with E-state index in [1.165, 1.54) is 17.0 Å². The maximum Gasteiger partial charge on any atom is 0.416 e. The molecule has 150 valence electrons. The van der Waals surface area contributed by atoms with Gasteiger partial charge in [0.2, 0.25) is 0 Å². The van der Waals surface area contributed by atoms with Crippen LogP contribution in [0.3, 0.4) is 0 Å². The number of nitrogens with zero attached hydrogens (tertiary/aromatic N) is 2. The van der Waals surface area contributed by atoms with E-state index >= 15 is 0 Å². The van der Waals surface area contributed by atoms with Gasteiger partial charge in [0.05, 0.1) is 10.9 Å². The Kier molecular flexibility index (Phi) is 4.77. The summed E-state index contributed by atoms with van der Waals surface area (Å²) >= 11 is 0. The van der Waals surface area contributed by atoms with Crippen molar-refractivity contribution in [1.29, 1.82) is 0 Å². The van der Waals surface area contributed by atoms with Gasteiger partial charge >= 0.3 is 6.18 Å². The molecule has 0 spiro atoms. The molecule has 1 aliphatic rings. The molecule has 0 saturated carbocycles. The lowest BCUT2D eigenvalue weighted by molar-refractivity contribution is -0.137. The Morgan fingerprint density at radius 2 is 1.66 bits per heavy atom. The van der Waals surface area contributed by atoms with E-state index in [1.807, 2.05) is 0 Å². The van der Waals surface area contributed by atoms with Crippen molar-refractivity contribution in [3.8, 4) is 0 Å². The van der Waals surface area contributed by atoms with Gasteiger partial charge in [0.1, 0.15) is 5.58 Å². The summed E-state index contributed by atoms with van der Waals surface area (Å²) in [5, 5.41) is 0.401. The van der Waals surface area contributed by atoms with Crippen LogP contribution in [0.2, 0.25) is 0 Å². The molecule has 5 nitrogen and oxygen atoms in total. The smallest absolute Gasteiger partial charge is 0.416 e. The number of rotatable bonds is 2. The summed E-state index contributed by atoms with van der Waals surface area (Å²) < 4.78 is 44.4. The summed E-state index contributed by atoms with van der Waals surface area (Å²) in [5.74, 6) is -0.447. The third-order valence-corrected chi connectivity index (χ3v) is 4.95. The molecule has 2 aromatic carbocycles. The highest BCUT2D eigenvalue weighted by molar-refractivity contribution is 5.93. The van der Waals surface area contributed by atoms with E-state index in [0.29, 0.717) is 42.8 Å². The second-order valence-electron chi connectivity index (χ2n) is 6.80. The number of alkyl halides is 3. The molecule has 8 heteroatoms. The maximum absolute atomic E-state index is 12.9. The number of anilines is 1. The van der Waals surface area contributed by atoms with Gasteiger partial charge < -0.3 is 14.2 Å². The number of halogens is 3. The van der Waals surface area contributed by atoms with Gasteiger partial charge in [-0.05, 0) is 30.3 Å². The average molecular weight is 402 g/mol. The van der Waals surface area contributed by atoms with Crippen LogP contribution in [0.1, 0.15) is 16.1 Å². The third kappa shape index (κ3) is 3.83. The Balaban J connectivity index is 1.49. The minimum Gasteiger partial charge on any atom is -0.451 e. The molecule has 1 saturated heterocycles. The molecule has 29 heavy (non-hydrogen) atoms. The molecule has 1 aliphatic heterocycles. The molecule has 0 unspecified atom stereocenters. The highest BCUT2D eigenvalue weighted by Crippen LogP contribution is 2.32. The summed E-state index contributed by atoms with van der Waals surface area (Å²) in [4.78, 5) is 28.3. The van der Waals surface area contributed by atoms with Gasteiger partial charge in [-0.3, -0.25) is 9.59 Å². The van der Waals surface area contributed by atoms with Crippen molar-refractivity contribution < 1.29 is 22.4 Å². The Labute approximate surface area is 163 Å². The van der Waals surface area contributed by atoms with E-state index in [4.69, 9.17) is 4.42 Å². The van der Waals surface area contributed by atoms with E-state index in [-0.39, 0.29) is 11.2 Å². The highest BCUT2D eigenvalue weighted by atomic mass is 19.4. The number of hydrogen-bond donors (Lipinski definition) is 0. The normalized spacial score (nSPS) is 15.0. The lowest BCUT2D eigenvalue weighted by Gasteiger charge is -2.36. The molecular weight excluding hydrogens is 385 g/mol. The van der Waals surface area contributed by atoms with Crippen molar-refractivity contribution in [1.82, 2.24) is 4.90 Å². The first-order valence-electron chi connectivity index (χ1n) is 9.07. The SMILES string of the molecule is O=C(c1cc(=O)c2ccccc2o1)N1CCN(c2cccc(C(F)(F)F)c2)CC1. The van der Waals surface area contributed by atoms with Crippen molar-refractivity contribution >= 4 is 22.6 Å². The minimum absolute atomic E-state index is 0.0405. The molecule has 1 aromatic heterocycles. The predicted molar refractivity (Wildman–Crippen MR) is 102 cm³/mol. The molecule has 0 bridgehead atoms. The molecule has 4 rings (SSSR count). The van der Waals surface area contributed by atoms with Gasteiger partial charge in [0, 0.05) is 37.9 Å². The Hall–Kier alpha value is -3.29. The van der Waals surface area contributed by atoms with Crippen molar-refractivity contribution in [2.45, 2.75) is 6.18 Å². The predicted octanol–water partition coefficient (Wildman–Crippen LogP) is 3.77. The fourth-order valence-electron chi connectivity index (χ4n) is 3.41. The van der Waals surface area contributed by atoms with Crippen LogP contribution in [-0.2, 0) is 6.18 Å². The number of benzene rings is 2. The maximum atomic E-state index is 12.9. The van der Waals surface area contributed by atoms with Crippen LogP contribution in [0.15, 0.2) is 63.8 Å². The molecule has 0 radical (unpaired) electrons. The van der Waals surface area contributed by atoms with Crippen molar-refractivity contribution in [2.75, 3.05) is 31.1 Å². The molecule has 1 amide bonds. The number of hydrogen-bond acceptors (Lipinski definition) is 4. The van der Waals surface area contributed by atoms with E-state index in [9.17, 15) is 22.8 Å². The van der Waals surface area contributed by atoms with Gasteiger partial charge in [-0.25, -0.2) is 0 Å². The van der Waals surface area contributed by atoms with Gasteiger partial charge in [0.15, 0.2) is 11.2 Å². The largest absolute Gasteiger partial charge is 0.451 e. The monoisotopic (exact) mass is 402 g/mol. The molecule has 0 aliphatic carbocycles. The minimum atomic E-state index is -4.40. The second kappa shape index (κ2) is 7.27. The zero-order chi connectivity index (χ0) is 20.6. The van der Waals surface area contributed by atoms with E-state index in [0.717, 1.165) is 12.1 Å². The van der Waals surface area contributed by atoms with Crippen LogP contribution < -0.4 is 10.3 Å². The molecule has 0 N–H and O–H groups in total. The topological polar surface area (TPSA) is 53.8 Å². The van der Waals surface area contributed by atoms with Crippen LogP contribution in [0.5, 0.6) is 0 Å². The van der Waals surface area contributed by atoms with Crippen LogP contribution in [0.4, 0.5) is 18.9 Å². The van der Waals surface area contributed by atoms with Gasteiger partial charge in [-0.1, -0.05) is 18.2 Å². The zero-order valence-electron chi connectivity index (χ0n) is 15.3. The van der Waals surface area contributed by atoms with E-state index in [1.54, 1.807) is 35.2 Å². The number of amides is 1. The lowest BCUT2D eigenvalue weighted by atomic mass is 10.1. The molecule has 3 aromatic rings. The summed E-state index contributed by atoms with van der Waals surface area (Å²) in [5.41, 5.74) is -0.195. The molecule has 2 heterocycles. The van der Waals surface area contributed by atoms with Crippen LogP contribution in [0, 0.1) is 0 Å². The van der Waals surface area contributed by atoms with Gasteiger partial charge in [-0.15, -0.1) is 0 Å². The summed E-state index contributed by atoms with van der Waals surface area (Å²) in [6, 6.07) is 13.0. The Bertz CT molecular complexity index is 1120. The van der Waals surface area contributed by atoms with Crippen LogP contribution >= 0.6 is 0 Å². The van der Waals surface area contributed by atoms with Gasteiger partial charge in [0.25, 0.3) is 5.91 Å². The number of para-hydroxylation sites is 1. The van der Waals surface area contributed by atoms with E-state index in [2.05, 4.69) is 0 Å². The summed E-state index contributed by atoms with van der Waals surface area (Å²) in [6.45, 7) is 1.38. The first kappa shape index (κ1) is 19.0. The standard InChI is InChI=1S/C21H17F3N2O3/c22-21(23,24)14-4-3-5-15(12-14)25-8-10-26(11-9-25)20(28)19-13-17(27)16-6-1-2-7-18(16)29-19/h1-7,12-13H,8-11H2. The van der Waals surface area contributed by atoms with Gasteiger partial charge in [-0.2, -0.15) is 13.2 Å². The average Bonchev–Trinajstić information content (AvgIpc) is 2.73. The second-order valence-corrected chi connectivity index (χ2v) is 6.80. The highest BCUT2D eigenvalue weighted by Gasteiger charge is 2.31. The lowest BCUT2D eigenvalue weighted by Crippen LogP contribution is -2.49. The van der Waals surface area contributed by atoms with Crippen LogP contribution in [-0.4, -0.2) is 37.0 Å². The quantitative estimate of drug-likeness (QED) is 0.655. The number of fused-ring (bicyclic) bond motifs is 1. The first-order chi connectivity index (χ1) is 13.8. The number of carbonyl (C=O) groups excluding carboxylic acids is 1. The van der Waals surface area contributed by atoms with E-state index < -0.39 is 17.6 Å². The summed E-state index contributed by atoms with van der Waals surface area (Å²) in [7, 11) is 0. The summed E-state index contributed by atoms with van der Waals surface area (Å²) in [6.07, 6.45) is -4.40. The molecule has 0 atom stereocenters. The molecular formula is C21H17F3N2O3. The number of piperazine rings is 1. The Morgan fingerprint density at radius 3 is 2.38 bits per heavy atom. The van der Waals surface area contributed by atoms with Crippen molar-refractivity contribution in [2.24, 2.45) is 0 Å². The zero-order valence-corrected chi connectivity index (χ0v) is 15.3. The van der Waals surface area contributed by atoms with Crippen molar-refractivity contribution in [3.05, 3.63) is 76.1 Å². The van der Waals surface area contributed by atoms with Crippen LogP contribution in [0.25, 0.3) is 11.0 Å². The number of carbonyl (C=O) groups is 1. The van der Waals surface area contributed by atoms with Crippen molar-refractivity contribution in [3.63, 3.8) is 0 Å². The third-order valence-electron chi connectivity index (χ3n) is 4.95. The first-order valence-corrected chi connectivity index (χ1v) is 9.07. The molecule has 1 fully saturated rings.